The number of halogens is 1. The molecule has 2 N–H and O–H groups in total. The average Bonchev–Trinajstić information content (AvgIpc) is 2.95. The standard InChI is InChI=1S/C17H20BrN3/c1-21(11-13-5-2-3-7-15(13)18)17-14(10-19)9-12-6-4-8-16(12)20-17/h2-3,5,7,9H,4,6,8,10-11,19H2,1H3. The van der Waals surface area contributed by atoms with Crippen LogP contribution in [0.2, 0.25) is 0 Å². The zero-order valence-corrected chi connectivity index (χ0v) is 13.9. The Morgan fingerprint density at radius 1 is 1.24 bits per heavy atom. The molecule has 0 spiro atoms. The van der Waals surface area contributed by atoms with E-state index in [9.17, 15) is 0 Å². The first kappa shape index (κ1) is 14.5. The monoisotopic (exact) mass is 345 g/mol. The highest BCUT2D eigenvalue weighted by Crippen LogP contribution is 2.28. The van der Waals surface area contributed by atoms with Crippen molar-refractivity contribution in [2.24, 2.45) is 5.73 Å². The molecule has 0 amide bonds. The summed E-state index contributed by atoms with van der Waals surface area (Å²) in [6.07, 6.45) is 3.45. The Kier molecular flexibility index (Phi) is 4.27. The molecular formula is C17H20BrN3. The molecule has 110 valence electrons. The summed E-state index contributed by atoms with van der Waals surface area (Å²) in [7, 11) is 2.09. The number of pyridine rings is 1. The first-order valence-electron chi connectivity index (χ1n) is 7.35. The SMILES string of the molecule is CN(Cc1ccccc1Br)c1nc2c(cc1CN)CCC2. The molecular weight excluding hydrogens is 326 g/mol. The van der Waals surface area contributed by atoms with Crippen molar-refractivity contribution in [3.05, 3.63) is 57.2 Å². The number of fused-ring (bicyclic) bond motifs is 1. The minimum Gasteiger partial charge on any atom is -0.355 e. The minimum absolute atomic E-state index is 0.538. The van der Waals surface area contributed by atoms with Gasteiger partial charge in [-0.2, -0.15) is 0 Å². The first-order valence-corrected chi connectivity index (χ1v) is 8.14. The van der Waals surface area contributed by atoms with Gasteiger partial charge < -0.3 is 10.6 Å². The lowest BCUT2D eigenvalue weighted by Gasteiger charge is -2.22. The summed E-state index contributed by atoms with van der Waals surface area (Å²) in [4.78, 5) is 7.08. The fraction of sp³-hybridized carbons (Fsp3) is 0.353. The molecule has 0 saturated heterocycles. The third kappa shape index (κ3) is 2.97. The maximum Gasteiger partial charge on any atom is 0.133 e. The van der Waals surface area contributed by atoms with Gasteiger partial charge in [0.25, 0.3) is 0 Å². The van der Waals surface area contributed by atoms with Crippen molar-refractivity contribution in [2.45, 2.75) is 32.4 Å². The van der Waals surface area contributed by atoms with Gasteiger partial charge in [0, 0.05) is 35.9 Å². The van der Waals surface area contributed by atoms with Crippen molar-refractivity contribution >= 4 is 21.7 Å². The predicted molar refractivity (Wildman–Crippen MR) is 90.4 cm³/mol. The quantitative estimate of drug-likeness (QED) is 0.922. The third-order valence-corrected chi connectivity index (χ3v) is 4.83. The zero-order chi connectivity index (χ0) is 14.8. The van der Waals surface area contributed by atoms with Gasteiger partial charge >= 0.3 is 0 Å². The van der Waals surface area contributed by atoms with Gasteiger partial charge in [-0.15, -0.1) is 0 Å². The van der Waals surface area contributed by atoms with E-state index < -0.39 is 0 Å². The van der Waals surface area contributed by atoms with E-state index in [0.29, 0.717) is 6.54 Å². The topological polar surface area (TPSA) is 42.2 Å². The smallest absolute Gasteiger partial charge is 0.133 e. The van der Waals surface area contributed by atoms with Crippen molar-refractivity contribution in [3.8, 4) is 0 Å². The molecule has 3 rings (SSSR count). The van der Waals surface area contributed by atoms with E-state index >= 15 is 0 Å². The van der Waals surface area contributed by atoms with E-state index in [4.69, 9.17) is 10.7 Å². The summed E-state index contributed by atoms with van der Waals surface area (Å²) in [5, 5.41) is 0. The molecule has 1 aromatic heterocycles. The van der Waals surface area contributed by atoms with Gasteiger partial charge in [0.15, 0.2) is 0 Å². The van der Waals surface area contributed by atoms with Crippen LogP contribution < -0.4 is 10.6 Å². The van der Waals surface area contributed by atoms with E-state index in [2.05, 4.69) is 52.1 Å². The highest BCUT2D eigenvalue weighted by atomic mass is 79.9. The molecule has 0 bridgehead atoms. The molecule has 1 aliphatic rings. The Balaban J connectivity index is 1.91. The largest absolute Gasteiger partial charge is 0.355 e. The summed E-state index contributed by atoms with van der Waals surface area (Å²) < 4.78 is 1.13. The molecule has 21 heavy (non-hydrogen) atoms. The van der Waals surface area contributed by atoms with Crippen LogP contribution in [-0.4, -0.2) is 12.0 Å². The van der Waals surface area contributed by atoms with Gasteiger partial charge in [0.2, 0.25) is 0 Å². The van der Waals surface area contributed by atoms with Gasteiger partial charge in [-0.3, -0.25) is 0 Å². The van der Waals surface area contributed by atoms with Crippen LogP contribution in [0.1, 0.15) is 28.8 Å². The normalized spacial score (nSPS) is 13.3. The number of aryl methyl sites for hydroxylation is 2. The molecule has 1 heterocycles. The van der Waals surface area contributed by atoms with Crippen molar-refractivity contribution in [1.29, 1.82) is 0 Å². The second-order valence-corrected chi connectivity index (χ2v) is 6.44. The number of nitrogens with zero attached hydrogens (tertiary/aromatic N) is 2. The molecule has 1 aliphatic carbocycles. The number of aromatic nitrogens is 1. The Bertz CT molecular complexity index is 654. The lowest BCUT2D eigenvalue weighted by Crippen LogP contribution is -2.21. The van der Waals surface area contributed by atoms with Gasteiger partial charge in [-0.05, 0) is 42.5 Å². The van der Waals surface area contributed by atoms with Gasteiger partial charge in [-0.25, -0.2) is 4.98 Å². The fourth-order valence-corrected chi connectivity index (χ4v) is 3.36. The predicted octanol–water partition coefficient (Wildman–Crippen LogP) is 3.43. The Morgan fingerprint density at radius 3 is 2.81 bits per heavy atom. The van der Waals surface area contributed by atoms with Crippen LogP contribution in [0.25, 0.3) is 0 Å². The summed E-state index contributed by atoms with van der Waals surface area (Å²) in [6, 6.07) is 10.6. The number of hydrogen-bond acceptors (Lipinski definition) is 3. The Morgan fingerprint density at radius 2 is 2.05 bits per heavy atom. The Hall–Kier alpha value is -1.39. The second kappa shape index (κ2) is 6.16. The third-order valence-electron chi connectivity index (χ3n) is 4.05. The van der Waals surface area contributed by atoms with Crippen LogP contribution >= 0.6 is 15.9 Å². The molecule has 0 aliphatic heterocycles. The first-order chi connectivity index (χ1) is 10.2. The lowest BCUT2D eigenvalue weighted by atomic mass is 10.1. The molecule has 0 unspecified atom stereocenters. The van der Waals surface area contributed by atoms with Crippen LogP contribution in [0, 0.1) is 0 Å². The summed E-state index contributed by atoms with van der Waals surface area (Å²) in [6.45, 7) is 1.36. The lowest BCUT2D eigenvalue weighted by molar-refractivity contribution is 0.857. The number of rotatable bonds is 4. The van der Waals surface area contributed by atoms with Crippen molar-refractivity contribution in [1.82, 2.24) is 4.98 Å². The number of anilines is 1. The van der Waals surface area contributed by atoms with Gasteiger partial charge in [0.1, 0.15) is 5.82 Å². The van der Waals surface area contributed by atoms with Crippen molar-refractivity contribution in [3.63, 3.8) is 0 Å². The van der Waals surface area contributed by atoms with E-state index in [1.54, 1.807) is 0 Å². The van der Waals surface area contributed by atoms with Crippen molar-refractivity contribution in [2.75, 3.05) is 11.9 Å². The maximum atomic E-state index is 5.93. The second-order valence-electron chi connectivity index (χ2n) is 5.58. The summed E-state index contributed by atoms with van der Waals surface area (Å²) in [5.41, 5.74) is 11.0. The molecule has 2 aromatic rings. The fourth-order valence-electron chi connectivity index (χ4n) is 2.95. The van der Waals surface area contributed by atoms with Crippen molar-refractivity contribution < 1.29 is 0 Å². The maximum absolute atomic E-state index is 5.93. The molecule has 3 nitrogen and oxygen atoms in total. The highest BCUT2D eigenvalue weighted by Gasteiger charge is 2.18. The summed E-state index contributed by atoms with van der Waals surface area (Å²) >= 11 is 3.61. The van der Waals surface area contributed by atoms with E-state index in [0.717, 1.165) is 35.2 Å². The molecule has 4 heteroatoms. The van der Waals surface area contributed by atoms with Crippen LogP contribution in [0.15, 0.2) is 34.8 Å². The van der Waals surface area contributed by atoms with E-state index in [-0.39, 0.29) is 0 Å². The molecule has 0 atom stereocenters. The molecule has 0 saturated carbocycles. The van der Waals surface area contributed by atoms with E-state index in [1.807, 2.05) is 6.07 Å². The van der Waals surface area contributed by atoms with Gasteiger partial charge in [0.05, 0.1) is 0 Å². The average molecular weight is 346 g/mol. The van der Waals surface area contributed by atoms with Crippen LogP contribution in [0.5, 0.6) is 0 Å². The minimum atomic E-state index is 0.538. The Labute approximate surface area is 134 Å². The van der Waals surface area contributed by atoms with Crippen LogP contribution in [-0.2, 0) is 25.9 Å². The van der Waals surface area contributed by atoms with Crippen LogP contribution in [0.4, 0.5) is 5.82 Å². The summed E-state index contributed by atoms with van der Waals surface area (Å²) in [5.74, 6) is 1.02. The molecule has 0 radical (unpaired) electrons. The van der Waals surface area contributed by atoms with E-state index in [1.165, 1.54) is 23.2 Å². The number of benzene rings is 1. The van der Waals surface area contributed by atoms with Crippen LogP contribution in [0.3, 0.4) is 0 Å². The number of hydrogen-bond donors (Lipinski definition) is 1. The van der Waals surface area contributed by atoms with Gasteiger partial charge in [-0.1, -0.05) is 34.1 Å². The highest BCUT2D eigenvalue weighted by molar-refractivity contribution is 9.10. The molecule has 1 aromatic carbocycles. The molecule has 0 fully saturated rings. The number of nitrogens with two attached hydrogens (primary N) is 1. The zero-order valence-electron chi connectivity index (χ0n) is 12.3.